The van der Waals surface area contributed by atoms with Crippen LogP contribution < -0.4 is 4.90 Å². The van der Waals surface area contributed by atoms with Crippen molar-refractivity contribution in [2.24, 2.45) is 0 Å². The smallest absolute Gasteiger partial charge is 0.168 e. The van der Waals surface area contributed by atoms with Crippen molar-refractivity contribution in [3.05, 3.63) is 41.9 Å². The molecule has 5 heteroatoms. The van der Waals surface area contributed by atoms with Crippen LogP contribution in [0.5, 0.6) is 0 Å². The van der Waals surface area contributed by atoms with Crippen molar-refractivity contribution >= 4 is 16.9 Å². The van der Waals surface area contributed by atoms with E-state index in [2.05, 4.69) is 65.9 Å². The molecule has 0 saturated heterocycles. The molecule has 0 atom stereocenters. The molecule has 120 valence electrons. The van der Waals surface area contributed by atoms with Crippen molar-refractivity contribution in [1.82, 2.24) is 19.7 Å². The van der Waals surface area contributed by atoms with Gasteiger partial charge >= 0.3 is 0 Å². The Bertz CT molecular complexity index is 821. The second-order valence-corrected chi connectivity index (χ2v) is 5.84. The van der Waals surface area contributed by atoms with E-state index in [1.165, 1.54) is 11.1 Å². The molecule has 1 aromatic carbocycles. The lowest BCUT2D eigenvalue weighted by Gasteiger charge is -2.21. The SMILES string of the molecule is CCCN(CC)c1ncnc2c1cnn2-c1ccc(C)c(C)c1. The molecule has 0 saturated carbocycles. The molecule has 0 aliphatic heterocycles. The summed E-state index contributed by atoms with van der Waals surface area (Å²) in [5.74, 6) is 0.967. The van der Waals surface area contributed by atoms with Gasteiger partial charge < -0.3 is 4.90 Å². The lowest BCUT2D eigenvalue weighted by molar-refractivity contribution is 0.780. The first-order valence-corrected chi connectivity index (χ1v) is 8.17. The molecule has 0 bridgehead atoms. The molecule has 0 unspecified atom stereocenters. The van der Waals surface area contributed by atoms with E-state index >= 15 is 0 Å². The normalized spacial score (nSPS) is 11.1. The van der Waals surface area contributed by atoms with Gasteiger partial charge in [-0.05, 0) is 50.5 Å². The van der Waals surface area contributed by atoms with Crippen molar-refractivity contribution < 1.29 is 0 Å². The van der Waals surface area contributed by atoms with Crippen LogP contribution in [-0.4, -0.2) is 32.8 Å². The largest absolute Gasteiger partial charge is 0.356 e. The summed E-state index contributed by atoms with van der Waals surface area (Å²) in [4.78, 5) is 11.2. The van der Waals surface area contributed by atoms with Gasteiger partial charge in [-0.25, -0.2) is 14.6 Å². The fourth-order valence-electron chi connectivity index (χ4n) is 2.81. The second kappa shape index (κ2) is 6.36. The van der Waals surface area contributed by atoms with E-state index in [9.17, 15) is 0 Å². The van der Waals surface area contributed by atoms with Crippen molar-refractivity contribution in [2.45, 2.75) is 34.1 Å². The average molecular weight is 309 g/mol. The van der Waals surface area contributed by atoms with Crippen molar-refractivity contribution in [2.75, 3.05) is 18.0 Å². The Morgan fingerprint density at radius 2 is 1.91 bits per heavy atom. The zero-order valence-electron chi connectivity index (χ0n) is 14.2. The van der Waals surface area contributed by atoms with E-state index in [1.54, 1.807) is 6.33 Å². The second-order valence-electron chi connectivity index (χ2n) is 5.84. The zero-order valence-corrected chi connectivity index (χ0v) is 14.2. The molecule has 0 N–H and O–H groups in total. The molecule has 5 nitrogen and oxygen atoms in total. The molecule has 0 fully saturated rings. The first kappa shape index (κ1) is 15.5. The summed E-state index contributed by atoms with van der Waals surface area (Å²) in [5, 5.41) is 5.56. The maximum absolute atomic E-state index is 4.56. The van der Waals surface area contributed by atoms with Gasteiger partial charge in [-0.3, -0.25) is 0 Å². The zero-order chi connectivity index (χ0) is 16.4. The quantitative estimate of drug-likeness (QED) is 0.721. The Balaban J connectivity index is 2.12. The molecule has 0 aliphatic rings. The van der Waals surface area contributed by atoms with Crippen LogP contribution in [0.2, 0.25) is 0 Å². The highest BCUT2D eigenvalue weighted by molar-refractivity contribution is 5.87. The van der Waals surface area contributed by atoms with E-state index < -0.39 is 0 Å². The summed E-state index contributed by atoms with van der Waals surface area (Å²) in [6.07, 6.45) is 4.60. The molecule has 2 heterocycles. The van der Waals surface area contributed by atoms with E-state index in [1.807, 2.05) is 10.9 Å². The van der Waals surface area contributed by atoms with Gasteiger partial charge in [-0.15, -0.1) is 0 Å². The third-order valence-electron chi connectivity index (χ3n) is 4.25. The minimum atomic E-state index is 0.854. The molecule has 3 rings (SSSR count). The van der Waals surface area contributed by atoms with E-state index in [4.69, 9.17) is 0 Å². The van der Waals surface area contributed by atoms with Crippen LogP contribution in [0.1, 0.15) is 31.4 Å². The number of rotatable bonds is 5. The van der Waals surface area contributed by atoms with Crippen LogP contribution >= 0.6 is 0 Å². The molecule has 2 aromatic heterocycles. The van der Waals surface area contributed by atoms with Gasteiger partial charge in [0.15, 0.2) is 5.65 Å². The van der Waals surface area contributed by atoms with Crippen LogP contribution in [0.3, 0.4) is 0 Å². The number of benzene rings is 1. The van der Waals surface area contributed by atoms with Crippen LogP contribution in [0.15, 0.2) is 30.7 Å². The monoisotopic (exact) mass is 309 g/mol. The molecular weight excluding hydrogens is 286 g/mol. The third-order valence-corrected chi connectivity index (χ3v) is 4.25. The van der Waals surface area contributed by atoms with Crippen molar-refractivity contribution in [3.8, 4) is 5.69 Å². The molecule has 23 heavy (non-hydrogen) atoms. The highest BCUT2D eigenvalue weighted by atomic mass is 15.3. The van der Waals surface area contributed by atoms with Gasteiger partial charge in [-0.1, -0.05) is 13.0 Å². The first-order chi connectivity index (χ1) is 11.2. The van der Waals surface area contributed by atoms with Crippen LogP contribution in [0.25, 0.3) is 16.7 Å². The third kappa shape index (κ3) is 2.79. The maximum Gasteiger partial charge on any atom is 0.168 e. The number of hydrogen-bond acceptors (Lipinski definition) is 4. The fraction of sp³-hybridized carbons (Fsp3) is 0.389. The van der Waals surface area contributed by atoms with E-state index in [-0.39, 0.29) is 0 Å². The standard InChI is InChI=1S/C18H23N5/c1-5-9-22(6-2)17-16-11-21-23(18(16)20-12-19-17)15-8-7-13(3)14(4)10-15/h7-8,10-12H,5-6,9H2,1-4H3. The first-order valence-electron chi connectivity index (χ1n) is 8.17. The molecule has 0 amide bonds. The molecule has 3 aromatic rings. The fourth-order valence-corrected chi connectivity index (χ4v) is 2.81. The predicted octanol–water partition coefficient (Wildman–Crippen LogP) is 3.67. The maximum atomic E-state index is 4.56. The lowest BCUT2D eigenvalue weighted by atomic mass is 10.1. The van der Waals surface area contributed by atoms with Crippen molar-refractivity contribution in [1.29, 1.82) is 0 Å². The molecule has 0 radical (unpaired) electrons. The number of aromatic nitrogens is 4. The number of fused-ring (bicyclic) bond motifs is 1. The summed E-state index contributed by atoms with van der Waals surface area (Å²) in [6, 6.07) is 6.35. The number of aryl methyl sites for hydroxylation is 2. The van der Waals surface area contributed by atoms with Crippen LogP contribution in [-0.2, 0) is 0 Å². The van der Waals surface area contributed by atoms with Gasteiger partial charge in [-0.2, -0.15) is 5.10 Å². The van der Waals surface area contributed by atoms with Crippen LogP contribution in [0.4, 0.5) is 5.82 Å². The van der Waals surface area contributed by atoms with Crippen LogP contribution in [0, 0.1) is 13.8 Å². The highest BCUT2D eigenvalue weighted by Gasteiger charge is 2.15. The van der Waals surface area contributed by atoms with Gasteiger partial charge in [0.25, 0.3) is 0 Å². The minimum absolute atomic E-state index is 0.854. The van der Waals surface area contributed by atoms with Gasteiger partial charge in [0, 0.05) is 13.1 Å². The van der Waals surface area contributed by atoms with Gasteiger partial charge in [0.05, 0.1) is 17.3 Å². The summed E-state index contributed by atoms with van der Waals surface area (Å²) in [5.41, 5.74) is 4.42. The lowest BCUT2D eigenvalue weighted by Crippen LogP contribution is -2.24. The summed E-state index contributed by atoms with van der Waals surface area (Å²) in [6.45, 7) is 10.5. The Hall–Kier alpha value is -2.43. The Labute approximate surface area is 137 Å². The number of hydrogen-bond donors (Lipinski definition) is 0. The van der Waals surface area contributed by atoms with Crippen molar-refractivity contribution in [3.63, 3.8) is 0 Å². The van der Waals surface area contributed by atoms with Gasteiger partial charge in [0.2, 0.25) is 0 Å². The Morgan fingerprint density at radius 1 is 1.09 bits per heavy atom. The highest BCUT2D eigenvalue weighted by Crippen LogP contribution is 2.25. The predicted molar refractivity (Wildman–Crippen MR) is 94.3 cm³/mol. The van der Waals surface area contributed by atoms with E-state index in [0.29, 0.717) is 0 Å². The minimum Gasteiger partial charge on any atom is -0.356 e. The molecule has 0 spiro atoms. The number of anilines is 1. The van der Waals surface area contributed by atoms with E-state index in [0.717, 1.165) is 42.0 Å². The summed E-state index contributed by atoms with van der Waals surface area (Å²) < 4.78 is 1.90. The molecule has 0 aliphatic carbocycles. The topological polar surface area (TPSA) is 46.8 Å². The summed E-state index contributed by atoms with van der Waals surface area (Å²) >= 11 is 0. The number of nitrogens with zero attached hydrogens (tertiary/aromatic N) is 5. The average Bonchev–Trinajstić information content (AvgIpc) is 2.99. The Kier molecular flexibility index (Phi) is 4.28. The molecular formula is C18H23N5. The van der Waals surface area contributed by atoms with Gasteiger partial charge in [0.1, 0.15) is 12.1 Å². The summed E-state index contributed by atoms with van der Waals surface area (Å²) in [7, 11) is 0. The Morgan fingerprint density at radius 3 is 2.61 bits per heavy atom.